The highest BCUT2D eigenvalue weighted by atomic mass is 16.5. The first-order valence-electron chi connectivity index (χ1n) is 5.89. The Morgan fingerprint density at radius 2 is 2.14 bits per heavy atom. The van der Waals surface area contributed by atoms with Gasteiger partial charge < -0.3 is 10.1 Å². The van der Waals surface area contributed by atoms with Gasteiger partial charge >= 0.3 is 0 Å². The molecule has 1 aliphatic carbocycles. The largest absolute Gasteiger partial charge is 0.501 e. The van der Waals surface area contributed by atoms with Crippen molar-refractivity contribution >= 4 is 0 Å². The topological polar surface area (TPSA) is 21.3 Å². The molecule has 2 rings (SSSR count). The maximum absolute atomic E-state index is 5.33. The summed E-state index contributed by atoms with van der Waals surface area (Å²) in [7, 11) is 2.08. The third-order valence-corrected chi connectivity index (χ3v) is 3.58. The van der Waals surface area contributed by atoms with Gasteiger partial charge in [0.05, 0.1) is 12.9 Å². The number of nitrogens with one attached hydrogen (secondary N) is 1. The van der Waals surface area contributed by atoms with Crippen LogP contribution in [0, 0.1) is 5.92 Å². The lowest BCUT2D eigenvalue weighted by atomic mass is 9.81. The SMILES string of the molecule is CNC(C1=COCC1)C1CCCCC1. The minimum atomic E-state index is 0.581. The second-order valence-corrected chi connectivity index (χ2v) is 4.48. The fourth-order valence-electron chi connectivity index (χ4n) is 2.82. The van der Waals surface area contributed by atoms with Gasteiger partial charge in [-0.1, -0.05) is 19.3 Å². The van der Waals surface area contributed by atoms with Crippen LogP contribution in [-0.2, 0) is 4.74 Å². The summed E-state index contributed by atoms with van der Waals surface area (Å²) in [5.74, 6) is 0.849. The van der Waals surface area contributed by atoms with Crippen molar-refractivity contribution in [1.29, 1.82) is 0 Å². The van der Waals surface area contributed by atoms with E-state index in [1.54, 1.807) is 0 Å². The Bertz CT molecular complexity index is 206. The summed E-state index contributed by atoms with van der Waals surface area (Å²) in [5.41, 5.74) is 1.49. The maximum atomic E-state index is 5.33. The van der Waals surface area contributed by atoms with Crippen molar-refractivity contribution in [2.24, 2.45) is 5.92 Å². The van der Waals surface area contributed by atoms with Crippen LogP contribution < -0.4 is 5.32 Å². The Morgan fingerprint density at radius 3 is 2.71 bits per heavy atom. The Hall–Kier alpha value is -0.500. The first-order chi connectivity index (χ1) is 6.92. The zero-order valence-corrected chi connectivity index (χ0v) is 9.09. The van der Waals surface area contributed by atoms with Crippen LogP contribution in [0.4, 0.5) is 0 Å². The van der Waals surface area contributed by atoms with Gasteiger partial charge in [0.15, 0.2) is 0 Å². The molecule has 1 heterocycles. The number of ether oxygens (including phenoxy) is 1. The molecule has 0 bridgehead atoms. The van der Waals surface area contributed by atoms with Gasteiger partial charge in [-0.3, -0.25) is 0 Å². The molecule has 80 valence electrons. The van der Waals surface area contributed by atoms with Crippen LogP contribution in [0.15, 0.2) is 11.8 Å². The first-order valence-corrected chi connectivity index (χ1v) is 5.89. The van der Waals surface area contributed by atoms with Gasteiger partial charge in [-0.25, -0.2) is 0 Å². The van der Waals surface area contributed by atoms with Crippen LogP contribution in [0.5, 0.6) is 0 Å². The van der Waals surface area contributed by atoms with Crippen molar-refractivity contribution in [3.63, 3.8) is 0 Å². The van der Waals surface area contributed by atoms with Gasteiger partial charge in [-0.05, 0) is 31.4 Å². The Balaban J connectivity index is 1.96. The summed E-state index contributed by atoms with van der Waals surface area (Å²) in [4.78, 5) is 0. The van der Waals surface area contributed by atoms with E-state index in [4.69, 9.17) is 4.74 Å². The van der Waals surface area contributed by atoms with E-state index in [-0.39, 0.29) is 0 Å². The van der Waals surface area contributed by atoms with E-state index in [9.17, 15) is 0 Å². The smallest absolute Gasteiger partial charge is 0.0912 e. The molecule has 0 aromatic carbocycles. The van der Waals surface area contributed by atoms with E-state index < -0.39 is 0 Å². The van der Waals surface area contributed by atoms with Gasteiger partial charge in [0.25, 0.3) is 0 Å². The molecule has 14 heavy (non-hydrogen) atoms. The van der Waals surface area contributed by atoms with Crippen molar-refractivity contribution in [2.75, 3.05) is 13.7 Å². The number of hydrogen-bond donors (Lipinski definition) is 1. The van der Waals surface area contributed by atoms with E-state index in [0.29, 0.717) is 6.04 Å². The average Bonchev–Trinajstić information content (AvgIpc) is 2.74. The van der Waals surface area contributed by atoms with E-state index in [1.807, 2.05) is 6.26 Å². The Kier molecular flexibility index (Phi) is 3.46. The lowest BCUT2D eigenvalue weighted by molar-refractivity contribution is 0.281. The summed E-state index contributed by atoms with van der Waals surface area (Å²) < 4.78 is 5.33. The Morgan fingerprint density at radius 1 is 1.36 bits per heavy atom. The fraction of sp³-hybridized carbons (Fsp3) is 0.833. The number of likely N-dealkylation sites (N-methyl/N-ethyl adjacent to an activating group) is 1. The molecule has 1 fully saturated rings. The molecule has 2 heteroatoms. The van der Waals surface area contributed by atoms with Crippen LogP contribution in [0.25, 0.3) is 0 Å². The van der Waals surface area contributed by atoms with Gasteiger partial charge in [0, 0.05) is 12.5 Å². The molecule has 0 radical (unpaired) electrons. The molecule has 0 spiro atoms. The van der Waals surface area contributed by atoms with Crippen LogP contribution in [-0.4, -0.2) is 19.7 Å². The molecule has 1 saturated carbocycles. The molecule has 2 nitrogen and oxygen atoms in total. The minimum Gasteiger partial charge on any atom is -0.501 e. The van der Waals surface area contributed by atoms with Crippen molar-refractivity contribution in [1.82, 2.24) is 5.32 Å². The second-order valence-electron chi connectivity index (χ2n) is 4.48. The monoisotopic (exact) mass is 195 g/mol. The molecule has 0 amide bonds. The van der Waals surface area contributed by atoms with E-state index in [0.717, 1.165) is 18.9 Å². The lowest BCUT2D eigenvalue weighted by Crippen LogP contribution is -2.36. The third kappa shape index (κ3) is 2.11. The predicted molar refractivity (Wildman–Crippen MR) is 58.1 cm³/mol. The van der Waals surface area contributed by atoms with Gasteiger partial charge in [0.1, 0.15) is 0 Å². The number of hydrogen-bond acceptors (Lipinski definition) is 2. The van der Waals surface area contributed by atoms with Gasteiger partial charge in [0.2, 0.25) is 0 Å². The minimum absolute atomic E-state index is 0.581. The second kappa shape index (κ2) is 4.83. The summed E-state index contributed by atoms with van der Waals surface area (Å²) in [6, 6.07) is 0.581. The average molecular weight is 195 g/mol. The summed E-state index contributed by atoms with van der Waals surface area (Å²) in [5, 5.41) is 3.47. The molecule has 1 aliphatic heterocycles. The highest BCUT2D eigenvalue weighted by Gasteiger charge is 2.26. The quantitative estimate of drug-likeness (QED) is 0.747. The summed E-state index contributed by atoms with van der Waals surface area (Å²) >= 11 is 0. The number of rotatable bonds is 3. The van der Waals surface area contributed by atoms with Crippen molar-refractivity contribution in [2.45, 2.75) is 44.6 Å². The first kappa shape index (κ1) is 10.0. The highest BCUT2D eigenvalue weighted by Crippen LogP contribution is 2.31. The zero-order valence-electron chi connectivity index (χ0n) is 9.09. The van der Waals surface area contributed by atoms with Crippen molar-refractivity contribution < 1.29 is 4.74 Å². The highest BCUT2D eigenvalue weighted by molar-refractivity contribution is 5.13. The summed E-state index contributed by atoms with van der Waals surface area (Å²) in [6.07, 6.45) is 10.2. The van der Waals surface area contributed by atoms with Crippen LogP contribution in [0.2, 0.25) is 0 Å². The molecule has 1 unspecified atom stereocenters. The molecule has 2 aliphatic rings. The molecule has 1 atom stereocenters. The van der Waals surface area contributed by atoms with Gasteiger partial charge in [-0.15, -0.1) is 0 Å². The third-order valence-electron chi connectivity index (χ3n) is 3.58. The molecule has 0 saturated heterocycles. The molecular weight excluding hydrogens is 174 g/mol. The molecule has 1 N–H and O–H groups in total. The van der Waals surface area contributed by atoms with E-state index >= 15 is 0 Å². The molecule has 0 aromatic rings. The van der Waals surface area contributed by atoms with Crippen LogP contribution in [0.3, 0.4) is 0 Å². The standard InChI is InChI=1S/C12H21NO/c1-13-12(11-7-8-14-9-11)10-5-3-2-4-6-10/h9-10,12-13H,2-8H2,1H3. The zero-order chi connectivity index (χ0) is 9.80. The fourth-order valence-corrected chi connectivity index (χ4v) is 2.82. The predicted octanol–water partition coefficient (Wildman–Crippen LogP) is 2.46. The van der Waals surface area contributed by atoms with Crippen LogP contribution in [0.1, 0.15) is 38.5 Å². The molecular formula is C12H21NO. The van der Waals surface area contributed by atoms with Crippen molar-refractivity contribution in [3.8, 4) is 0 Å². The normalized spacial score (nSPS) is 25.6. The van der Waals surface area contributed by atoms with E-state index in [1.165, 1.54) is 37.7 Å². The van der Waals surface area contributed by atoms with Gasteiger partial charge in [-0.2, -0.15) is 0 Å². The maximum Gasteiger partial charge on any atom is 0.0912 e. The molecule has 0 aromatic heterocycles. The van der Waals surface area contributed by atoms with E-state index in [2.05, 4.69) is 12.4 Å². The Labute approximate surface area is 86.7 Å². The van der Waals surface area contributed by atoms with Crippen LogP contribution >= 0.6 is 0 Å². The van der Waals surface area contributed by atoms with Crippen molar-refractivity contribution in [3.05, 3.63) is 11.8 Å². The lowest BCUT2D eigenvalue weighted by Gasteiger charge is -2.30. The summed E-state index contributed by atoms with van der Waals surface area (Å²) in [6.45, 7) is 0.889.